The molecule has 3 heteroatoms. The lowest BCUT2D eigenvalue weighted by molar-refractivity contribution is 0.0891. The first-order valence-corrected chi connectivity index (χ1v) is 5.75. The molecular weight excluding hydrogens is 244 g/mol. The Hall–Kier alpha value is -0.570. The lowest BCUT2D eigenvalue weighted by Gasteiger charge is -2.05. The Kier molecular flexibility index (Phi) is 2.77. The van der Waals surface area contributed by atoms with E-state index in [-0.39, 0.29) is 11.7 Å². The Labute approximate surface area is 91.8 Å². The van der Waals surface area contributed by atoms with Crippen LogP contribution >= 0.6 is 15.9 Å². The largest absolute Gasteiger partial charge is 0.460 e. The monoisotopic (exact) mass is 256 g/mol. The van der Waals surface area contributed by atoms with Crippen molar-refractivity contribution in [1.29, 1.82) is 0 Å². The molecule has 0 aromatic carbocycles. The first kappa shape index (κ1) is 9.97. The molecule has 0 saturated heterocycles. The second-order valence-electron chi connectivity index (χ2n) is 4.08. The first-order chi connectivity index (χ1) is 6.68. The van der Waals surface area contributed by atoms with Gasteiger partial charge in [-0.15, -0.1) is 0 Å². The van der Waals surface area contributed by atoms with Crippen molar-refractivity contribution >= 4 is 21.7 Å². The molecule has 1 aliphatic carbocycles. The zero-order valence-corrected chi connectivity index (χ0v) is 9.71. The maximum Gasteiger partial charge on any atom is 0.202 e. The van der Waals surface area contributed by atoms with Crippen molar-refractivity contribution in [3.05, 3.63) is 22.6 Å². The maximum absolute atomic E-state index is 12.0. The van der Waals surface area contributed by atoms with E-state index in [4.69, 9.17) is 4.42 Å². The molecule has 2 rings (SSSR count). The van der Waals surface area contributed by atoms with Crippen LogP contribution in [0.4, 0.5) is 0 Å². The van der Waals surface area contributed by atoms with E-state index in [0.717, 1.165) is 23.7 Å². The maximum atomic E-state index is 12.0. The van der Waals surface area contributed by atoms with Gasteiger partial charge in [-0.05, 0) is 47.2 Å². The molecule has 0 spiro atoms. The zero-order chi connectivity index (χ0) is 10.1. The second-order valence-corrected chi connectivity index (χ2v) is 4.93. The summed E-state index contributed by atoms with van der Waals surface area (Å²) in [4.78, 5) is 12.0. The Morgan fingerprint density at radius 3 is 2.86 bits per heavy atom. The summed E-state index contributed by atoms with van der Waals surface area (Å²) in [6.07, 6.45) is 4.73. The molecule has 1 fully saturated rings. The lowest BCUT2D eigenvalue weighted by atomic mass is 9.99. The second kappa shape index (κ2) is 3.89. The Bertz CT molecular complexity index is 343. The van der Waals surface area contributed by atoms with Crippen molar-refractivity contribution in [1.82, 2.24) is 0 Å². The third kappa shape index (κ3) is 1.78. The van der Waals surface area contributed by atoms with Gasteiger partial charge < -0.3 is 4.42 Å². The summed E-state index contributed by atoms with van der Waals surface area (Å²) in [6, 6.07) is 1.77. The van der Waals surface area contributed by atoms with Gasteiger partial charge in [0.1, 0.15) is 0 Å². The van der Waals surface area contributed by atoms with Crippen LogP contribution in [0.1, 0.15) is 36.7 Å². The van der Waals surface area contributed by atoms with Gasteiger partial charge in [0.2, 0.25) is 5.78 Å². The van der Waals surface area contributed by atoms with Crippen LogP contribution in [0.15, 0.2) is 21.2 Å². The molecule has 1 aliphatic rings. The number of rotatable bonds is 2. The zero-order valence-electron chi connectivity index (χ0n) is 8.13. The van der Waals surface area contributed by atoms with Crippen LogP contribution in [0, 0.1) is 11.8 Å². The van der Waals surface area contributed by atoms with Crippen LogP contribution in [-0.4, -0.2) is 5.78 Å². The number of hydrogen-bond acceptors (Lipinski definition) is 2. The number of carbonyl (C=O) groups excluding carboxylic acids is 1. The standard InChI is InChI=1S/C11H13BrO2/c1-7-2-3-8(6-7)10(13)11-9(12)4-5-14-11/h4-5,7-8H,2-3,6H2,1H3. The predicted molar refractivity (Wildman–Crippen MR) is 57.2 cm³/mol. The molecule has 0 aliphatic heterocycles. The van der Waals surface area contributed by atoms with Gasteiger partial charge in [0.25, 0.3) is 0 Å². The van der Waals surface area contributed by atoms with Gasteiger partial charge in [-0.2, -0.15) is 0 Å². The summed E-state index contributed by atoms with van der Waals surface area (Å²) in [5, 5.41) is 0. The predicted octanol–water partition coefficient (Wildman–Crippen LogP) is 3.66. The van der Waals surface area contributed by atoms with E-state index < -0.39 is 0 Å². The van der Waals surface area contributed by atoms with E-state index in [1.807, 2.05) is 0 Å². The molecule has 2 atom stereocenters. The minimum absolute atomic E-state index is 0.159. The van der Waals surface area contributed by atoms with Crippen molar-refractivity contribution < 1.29 is 9.21 Å². The SMILES string of the molecule is CC1CCC(C(=O)c2occc2Br)C1. The van der Waals surface area contributed by atoms with Crippen molar-refractivity contribution in [2.45, 2.75) is 26.2 Å². The molecular formula is C11H13BrO2. The highest BCUT2D eigenvalue weighted by Gasteiger charge is 2.30. The summed E-state index contributed by atoms with van der Waals surface area (Å²) in [6.45, 7) is 2.20. The number of furan rings is 1. The van der Waals surface area contributed by atoms with Crippen LogP contribution in [0.2, 0.25) is 0 Å². The minimum atomic E-state index is 0.159. The summed E-state index contributed by atoms with van der Waals surface area (Å²) in [5.74, 6) is 1.50. The molecule has 1 saturated carbocycles. The third-order valence-corrected chi connectivity index (χ3v) is 3.53. The topological polar surface area (TPSA) is 30.2 Å². The summed E-state index contributed by atoms with van der Waals surface area (Å²) < 4.78 is 5.96. The van der Waals surface area contributed by atoms with E-state index in [2.05, 4.69) is 22.9 Å². The molecule has 1 heterocycles. The summed E-state index contributed by atoms with van der Waals surface area (Å²) in [5.41, 5.74) is 0. The van der Waals surface area contributed by atoms with Crippen molar-refractivity contribution in [2.75, 3.05) is 0 Å². The first-order valence-electron chi connectivity index (χ1n) is 4.95. The van der Waals surface area contributed by atoms with Crippen molar-refractivity contribution in [2.24, 2.45) is 11.8 Å². The van der Waals surface area contributed by atoms with Gasteiger partial charge in [-0.25, -0.2) is 0 Å². The van der Waals surface area contributed by atoms with Gasteiger partial charge in [0.05, 0.1) is 10.7 Å². The van der Waals surface area contributed by atoms with E-state index in [9.17, 15) is 4.79 Å². The molecule has 0 amide bonds. The highest BCUT2D eigenvalue weighted by Crippen LogP contribution is 2.34. The molecule has 2 unspecified atom stereocenters. The van der Waals surface area contributed by atoms with Gasteiger partial charge in [0, 0.05) is 5.92 Å². The third-order valence-electron chi connectivity index (χ3n) is 2.91. The average molecular weight is 257 g/mol. The van der Waals surface area contributed by atoms with Gasteiger partial charge in [0.15, 0.2) is 5.76 Å². The van der Waals surface area contributed by atoms with Crippen molar-refractivity contribution in [3.63, 3.8) is 0 Å². The fraction of sp³-hybridized carbons (Fsp3) is 0.545. The number of Topliss-reactive ketones (excluding diaryl/α,β-unsaturated/α-hetero) is 1. The molecule has 0 N–H and O–H groups in total. The highest BCUT2D eigenvalue weighted by atomic mass is 79.9. The molecule has 14 heavy (non-hydrogen) atoms. The van der Waals surface area contributed by atoms with Crippen molar-refractivity contribution in [3.8, 4) is 0 Å². The van der Waals surface area contributed by atoms with Crippen LogP contribution < -0.4 is 0 Å². The molecule has 1 aromatic heterocycles. The van der Waals surface area contributed by atoms with E-state index >= 15 is 0 Å². The van der Waals surface area contributed by atoms with Gasteiger partial charge in [-0.3, -0.25) is 4.79 Å². The number of hydrogen-bond donors (Lipinski definition) is 0. The quantitative estimate of drug-likeness (QED) is 0.757. The van der Waals surface area contributed by atoms with E-state index in [1.54, 1.807) is 12.3 Å². The smallest absolute Gasteiger partial charge is 0.202 e. The average Bonchev–Trinajstić information content (AvgIpc) is 2.73. The lowest BCUT2D eigenvalue weighted by Crippen LogP contribution is -2.11. The Morgan fingerprint density at radius 2 is 2.36 bits per heavy atom. The number of ketones is 1. The Morgan fingerprint density at radius 1 is 1.57 bits per heavy atom. The van der Waals surface area contributed by atoms with E-state index in [0.29, 0.717) is 11.7 Å². The summed E-state index contributed by atoms with van der Waals surface area (Å²) >= 11 is 3.31. The molecule has 0 radical (unpaired) electrons. The highest BCUT2D eigenvalue weighted by molar-refractivity contribution is 9.10. The number of carbonyl (C=O) groups is 1. The van der Waals surface area contributed by atoms with Gasteiger partial charge >= 0.3 is 0 Å². The van der Waals surface area contributed by atoms with E-state index in [1.165, 1.54) is 0 Å². The molecule has 2 nitrogen and oxygen atoms in total. The molecule has 76 valence electrons. The molecule has 1 aromatic rings. The van der Waals surface area contributed by atoms with Crippen LogP contribution in [-0.2, 0) is 0 Å². The van der Waals surface area contributed by atoms with Crippen LogP contribution in [0.25, 0.3) is 0 Å². The van der Waals surface area contributed by atoms with Crippen LogP contribution in [0.5, 0.6) is 0 Å². The van der Waals surface area contributed by atoms with Gasteiger partial charge in [-0.1, -0.05) is 6.92 Å². The number of halogens is 1. The normalized spacial score (nSPS) is 26.7. The molecule has 0 bridgehead atoms. The minimum Gasteiger partial charge on any atom is -0.460 e. The Balaban J connectivity index is 2.13. The van der Waals surface area contributed by atoms with Crippen LogP contribution in [0.3, 0.4) is 0 Å². The fourth-order valence-electron chi connectivity index (χ4n) is 2.10. The fourth-order valence-corrected chi connectivity index (χ4v) is 2.50. The summed E-state index contributed by atoms with van der Waals surface area (Å²) in [7, 11) is 0.